The van der Waals surface area contributed by atoms with Crippen molar-refractivity contribution in [1.29, 1.82) is 0 Å². The summed E-state index contributed by atoms with van der Waals surface area (Å²) < 4.78 is 60.9. The summed E-state index contributed by atoms with van der Waals surface area (Å²) >= 11 is 0. The first kappa shape index (κ1) is 25.7. The predicted octanol–water partition coefficient (Wildman–Crippen LogP) is 4.58. The van der Waals surface area contributed by atoms with E-state index in [-0.39, 0.29) is 30.4 Å². The van der Waals surface area contributed by atoms with Crippen molar-refractivity contribution in [2.45, 2.75) is 44.3 Å². The summed E-state index contributed by atoms with van der Waals surface area (Å²) in [6.45, 7) is 2.75. The maximum absolute atomic E-state index is 14.0. The number of ether oxygens (including phenoxy) is 1. The van der Waals surface area contributed by atoms with E-state index in [4.69, 9.17) is 4.74 Å². The van der Waals surface area contributed by atoms with E-state index in [1.165, 1.54) is 24.1 Å². The van der Waals surface area contributed by atoms with Gasteiger partial charge in [-0.2, -0.15) is 13.2 Å². The minimum absolute atomic E-state index is 0.0389. The SMILES string of the molecule is COC1=C(CN(C)C(=O)C(c2ccc(F)cc2)N2CCNCC2)C2=C(CCCC2)CC1C(F)(F)F. The lowest BCUT2D eigenvalue weighted by molar-refractivity contribution is -0.173. The molecule has 2 atom stereocenters. The summed E-state index contributed by atoms with van der Waals surface area (Å²) in [6.07, 6.45) is -1.35. The number of halogens is 4. The highest BCUT2D eigenvalue weighted by atomic mass is 19.4. The molecule has 1 aromatic carbocycles. The molecule has 35 heavy (non-hydrogen) atoms. The van der Waals surface area contributed by atoms with Gasteiger partial charge >= 0.3 is 6.18 Å². The van der Waals surface area contributed by atoms with Gasteiger partial charge in [0.2, 0.25) is 5.91 Å². The second-order valence-electron chi connectivity index (χ2n) is 9.57. The first-order valence-electron chi connectivity index (χ1n) is 12.2. The summed E-state index contributed by atoms with van der Waals surface area (Å²) in [7, 11) is 2.91. The number of nitrogens with zero attached hydrogens (tertiary/aromatic N) is 2. The Labute approximate surface area is 203 Å². The van der Waals surface area contributed by atoms with Crippen LogP contribution >= 0.6 is 0 Å². The number of allylic oxidation sites excluding steroid dienone is 2. The summed E-state index contributed by atoms with van der Waals surface area (Å²) in [5.41, 5.74) is 2.92. The van der Waals surface area contributed by atoms with Crippen molar-refractivity contribution in [1.82, 2.24) is 15.1 Å². The number of nitrogens with one attached hydrogen (secondary N) is 1. The van der Waals surface area contributed by atoms with Crippen LogP contribution in [0.4, 0.5) is 17.6 Å². The monoisotopic (exact) mass is 495 g/mol. The lowest BCUT2D eigenvalue weighted by atomic mass is 9.76. The maximum atomic E-state index is 14.0. The lowest BCUT2D eigenvalue weighted by Crippen LogP contribution is -2.50. The van der Waals surface area contributed by atoms with E-state index in [0.29, 0.717) is 37.1 Å². The van der Waals surface area contributed by atoms with Crippen LogP contribution in [0.5, 0.6) is 0 Å². The van der Waals surface area contributed by atoms with E-state index in [9.17, 15) is 22.4 Å². The molecule has 1 aromatic rings. The molecule has 192 valence electrons. The molecule has 1 amide bonds. The minimum atomic E-state index is -4.42. The summed E-state index contributed by atoms with van der Waals surface area (Å²) in [5, 5.41) is 3.26. The molecule has 0 aromatic heterocycles. The molecule has 1 heterocycles. The number of carbonyl (C=O) groups is 1. The molecule has 0 saturated carbocycles. The molecule has 5 nitrogen and oxygen atoms in total. The molecular weight excluding hydrogens is 462 g/mol. The zero-order valence-corrected chi connectivity index (χ0v) is 20.3. The van der Waals surface area contributed by atoms with Gasteiger partial charge in [-0.3, -0.25) is 9.69 Å². The van der Waals surface area contributed by atoms with Crippen LogP contribution in [0.15, 0.2) is 46.7 Å². The quantitative estimate of drug-likeness (QED) is 0.587. The lowest BCUT2D eigenvalue weighted by Gasteiger charge is -2.38. The number of carbonyl (C=O) groups excluding carboxylic acids is 1. The molecule has 9 heteroatoms. The number of hydrogen-bond acceptors (Lipinski definition) is 4. The highest BCUT2D eigenvalue weighted by molar-refractivity contribution is 5.83. The molecular formula is C26H33F4N3O2. The average molecular weight is 496 g/mol. The van der Waals surface area contributed by atoms with Crippen LogP contribution in [0.25, 0.3) is 0 Å². The van der Waals surface area contributed by atoms with Crippen LogP contribution in [0.1, 0.15) is 43.7 Å². The standard InChI is InChI=1S/C26H33F4N3O2/c1-32(25(34)23(33-13-11-31-12-14-33)17-7-9-19(27)10-8-17)16-21-20-6-4-3-5-18(20)15-22(24(21)35-2)26(28,29)30/h7-10,22-23,31H,3-6,11-16H2,1-2H3. The molecule has 1 N–H and O–H groups in total. The molecule has 0 bridgehead atoms. The van der Waals surface area contributed by atoms with Gasteiger partial charge in [0.1, 0.15) is 23.5 Å². The third kappa shape index (κ3) is 5.56. The smallest absolute Gasteiger partial charge is 0.399 e. The van der Waals surface area contributed by atoms with E-state index in [1.807, 2.05) is 4.90 Å². The van der Waals surface area contributed by atoms with E-state index >= 15 is 0 Å². The Kier molecular flexibility index (Phi) is 7.86. The van der Waals surface area contributed by atoms with Crippen molar-refractivity contribution >= 4 is 5.91 Å². The molecule has 2 aliphatic carbocycles. The topological polar surface area (TPSA) is 44.8 Å². The zero-order valence-electron chi connectivity index (χ0n) is 20.3. The largest absolute Gasteiger partial charge is 0.500 e. The van der Waals surface area contributed by atoms with Crippen molar-refractivity contribution in [2.24, 2.45) is 5.92 Å². The minimum Gasteiger partial charge on any atom is -0.500 e. The van der Waals surface area contributed by atoms with Gasteiger partial charge in [0.05, 0.1) is 7.11 Å². The molecule has 4 rings (SSSR count). The van der Waals surface area contributed by atoms with Gasteiger partial charge < -0.3 is 15.0 Å². The summed E-state index contributed by atoms with van der Waals surface area (Å²) in [4.78, 5) is 17.3. The van der Waals surface area contributed by atoms with Crippen LogP contribution in [-0.4, -0.2) is 68.8 Å². The van der Waals surface area contributed by atoms with Crippen molar-refractivity contribution in [3.05, 3.63) is 58.1 Å². The van der Waals surface area contributed by atoms with E-state index < -0.39 is 18.1 Å². The fraction of sp³-hybridized carbons (Fsp3) is 0.577. The number of benzene rings is 1. The van der Waals surface area contributed by atoms with Gasteiger partial charge in [-0.25, -0.2) is 4.39 Å². The molecule has 3 aliphatic rings. The van der Waals surface area contributed by atoms with Crippen LogP contribution < -0.4 is 5.32 Å². The van der Waals surface area contributed by atoms with Gasteiger partial charge in [0, 0.05) is 45.3 Å². The first-order valence-corrected chi connectivity index (χ1v) is 12.2. The van der Waals surface area contributed by atoms with Gasteiger partial charge in [0.25, 0.3) is 0 Å². The number of amides is 1. The highest BCUT2D eigenvalue weighted by Crippen LogP contribution is 2.47. The van der Waals surface area contributed by atoms with Crippen molar-refractivity contribution in [2.75, 3.05) is 46.9 Å². The van der Waals surface area contributed by atoms with Crippen LogP contribution in [-0.2, 0) is 9.53 Å². The Morgan fingerprint density at radius 2 is 1.83 bits per heavy atom. The van der Waals surface area contributed by atoms with Gasteiger partial charge in [-0.05, 0) is 55.4 Å². The van der Waals surface area contributed by atoms with Crippen LogP contribution in [0.3, 0.4) is 0 Å². The van der Waals surface area contributed by atoms with Gasteiger partial charge in [-0.1, -0.05) is 17.7 Å². The molecule has 1 aliphatic heterocycles. The molecule has 1 fully saturated rings. The maximum Gasteiger partial charge on any atom is 0.399 e. The van der Waals surface area contributed by atoms with Gasteiger partial charge in [-0.15, -0.1) is 0 Å². The van der Waals surface area contributed by atoms with Crippen molar-refractivity contribution < 1.29 is 27.1 Å². The normalized spacial score (nSPS) is 22.6. The van der Waals surface area contributed by atoms with E-state index in [1.54, 1.807) is 19.2 Å². The second kappa shape index (κ2) is 10.7. The number of alkyl halides is 3. The molecule has 1 saturated heterocycles. The Hall–Kier alpha value is -2.39. The Morgan fingerprint density at radius 1 is 1.17 bits per heavy atom. The predicted molar refractivity (Wildman–Crippen MR) is 125 cm³/mol. The molecule has 0 radical (unpaired) electrons. The van der Waals surface area contributed by atoms with E-state index in [2.05, 4.69) is 5.32 Å². The fourth-order valence-corrected chi connectivity index (χ4v) is 5.58. The Morgan fingerprint density at radius 3 is 2.46 bits per heavy atom. The van der Waals surface area contributed by atoms with Crippen LogP contribution in [0, 0.1) is 11.7 Å². The Balaban J connectivity index is 1.67. The number of piperazine rings is 1. The fourth-order valence-electron chi connectivity index (χ4n) is 5.58. The second-order valence-corrected chi connectivity index (χ2v) is 9.57. The zero-order chi connectivity index (χ0) is 25.2. The van der Waals surface area contributed by atoms with Crippen LogP contribution in [0.2, 0.25) is 0 Å². The summed E-state index contributed by atoms with van der Waals surface area (Å²) in [5.74, 6) is -2.38. The Bertz CT molecular complexity index is 981. The number of hydrogen-bond donors (Lipinski definition) is 1. The summed E-state index contributed by atoms with van der Waals surface area (Å²) in [6, 6.07) is 5.23. The van der Waals surface area contributed by atoms with Crippen molar-refractivity contribution in [3.8, 4) is 0 Å². The number of rotatable bonds is 6. The third-order valence-electron chi connectivity index (χ3n) is 7.33. The highest BCUT2D eigenvalue weighted by Gasteiger charge is 2.47. The van der Waals surface area contributed by atoms with Gasteiger partial charge in [0.15, 0.2) is 0 Å². The number of likely N-dealkylation sites (N-methyl/N-ethyl adjacent to an activating group) is 1. The average Bonchev–Trinajstić information content (AvgIpc) is 2.85. The van der Waals surface area contributed by atoms with Crippen molar-refractivity contribution in [3.63, 3.8) is 0 Å². The molecule has 2 unspecified atom stereocenters. The molecule has 0 spiro atoms. The van der Waals surface area contributed by atoms with E-state index in [0.717, 1.165) is 37.1 Å². The third-order valence-corrected chi connectivity index (χ3v) is 7.33. The number of methoxy groups -OCH3 is 1. The first-order chi connectivity index (χ1) is 16.7.